The van der Waals surface area contributed by atoms with Crippen molar-refractivity contribution < 1.29 is 5.11 Å². The summed E-state index contributed by atoms with van der Waals surface area (Å²) in [4.78, 5) is 8.77. The van der Waals surface area contributed by atoms with E-state index >= 15 is 0 Å². The van der Waals surface area contributed by atoms with E-state index in [1.54, 1.807) is 13.0 Å². The maximum absolute atomic E-state index is 9.32. The Hall–Kier alpha value is -1.46. The maximum atomic E-state index is 9.32. The van der Waals surface area contributed by atoms with Gasteiger partial charge in [-0.2, -0.15) is 0 Å². The molecule has 2 N–H and O–H groups in total. The van der Waals surface area contributed by atoms with E-state index < -0.39 is 6.23 Å². The lowest BCUT2D eigenvalue weighted by molar-refractivity contribution is 0.224. The molecule has 94 valence electrons. The highest BCUT2D eigenvalue weighted by atomic mass is 79.9. The molecule has 1 atom stereocenters. The topological polar surface area (TPSA) is 58.0 Å². The van der Waals surface area contributed by atoms with Crippen molar-refractivity contribution in [2.24, 2.45) is 0 Å². The number of hydrogen-bond donors (Lipinski definition) is 2. The number of benzene rings is 1. The Kier molecular flexibility index (Phi) is 3.93. The van der Waals surface area contributed by atoms with Crippen molar-refractivity contribution in [3.05, 3.63) is 40.5 Å². The van der Waals surface area contributed by atoms with Gasteiger partial charge in [-0.3, -0.25) is 0 Å². The molecule has 0 amide bonds. The van der Waals surface area contributed by atoms with Crippen molar-refractivity contribution >= 4 is 21.7 Å². The molecule has 1 heterocycles. The highest BCUT2D eigenvalue weighted by Gasteiger charge is 2.06. The quantitative estimate of drug-likeness (QED) is 0.856. The molecule has 0 bridgehead atoms. The number of aromatic nitrogens is 2. The maximum Gasteiger partial charge on any atom is 0.161 e. The zero-order valence-corrected chi connectivity index (χ0v) is 11.8. The molecule has 4 nitrogen and oxygen atoms in total. The SMILES string of the molecule is Cc1cc(NC(C)O)nc(-c2ccc(Br)cc2)n1. The van der Waals surface area contributed by atoms with E-state index in [0.717, 1.165) is 15.7 Å². The highest BCUT2D eigenvalue weighted by molar-refractivity contribution is 9.10. The Labute approximate surface area is 114 Å². The van der Waals surface area contributed by atoms with Crippen LogP contribution in [0.25, 0.3) is 11.4 Å². The molecular formula is C13H14BrN3O. The van der Waals surface area contributed by atoms with Crippen LogP contribution in [0.4, 0.5) is 5.82 Å². The van der Waals surface area contributed by atoms with Crippen LogP contribution in [-0.4, -0.2) is 21.3 Å². The third-order valence-corrected chi connectivity index (χ3v) is 2.84. The van der Waals surface area contributed by atoms with Crippen molar-refractivity contribution in [1.29, 1.82) is 0 Å². The van der Waals surface area contributed by atoms with Gasteiger partial charge in [-0.25, -0.2) is 9.97 Å². The Morgan fingerprint density at radius 3 is 2.50 bits per heavy atom. The average molecular weight is 308 g/mol. The number of anilines is 1. The molecule has 0 saturated heterocycles. The Morgan fingerprint density at radius 1 is 1.22 bits per heavy atom. The van der Waals surface area contributed by atoms with E-state index in [9.17, 15) is 5.11 Å². The predicted molar refractivity (Wildman–Crippen MR) is 75.2 cm³/mol. The van der Waals surface area contributed by atoms with Gasteiger partial charge in [-0.15, -0.1) is 0 Å². The lowest BCUT2D eigenvalue weighted by atomic mass is 10.2. The summed E-state index contributed by atoms with van der Waals surface area (Å²) < 4.78 is 1.02. The van der Waals surface area contributed by atoms with Gasteiger partial charge in [0.25, 0.3) is 0 Å². The van der Waals surface area contributed by atoms with Crippen molar-refractivity contribution in [2.75, 3.05) is 5.32 Å². The summed E-state index contributed by atoms with van der Waals surface area (Å²) in [5.41, 5.74) is 1.79. The molecule has 0 spiro atoms. The van der Waals surface area contributed by atoms with Crippen molar-refractivity contribution in [1.82, 2.24) is 9.97 Å². The van der Waals surface area contributed by atoms with Crippen LogP contribution >= 0.6 is 15.9 Å². The Balaban J connectivity index is 2.38. The van der Waals surface area contributed by atoms with E-state index in [2.05, 4.69) is 31.2 Å². The molecule has 1 aromatic carbocycles. The predicted octanol–water partition coefficient (Wildman–Crippen LogP) is 2.96. The van der Waals surface area contributed by atoms with Gasteiger partial charge in [0.05, 0.1) is 0 Å². The molecule has 18 heavy (non-hydrogen) atoms. The third-order valence-electron chi connectivity index (χ3n) is 2.31. The van der Waals surface area contributed by atoms with E-state index in [0.29, 0.717) is 11.6 Å². The summed E-state index contributed by atoms with van der Waals surface area (Å²) in [7, 11) is 0. The fourth-order valence-corrected chi connectivity index (χ4v) is 1.85. The number of hydrogen-bond acceptors (Lipinski definition) is 4. The van der Waals surface area contributed by atoms with Gasteiger partial charge in [-0.1, -0.05) is 28.1 Å². The number of rotatable bonds is 3. The van der Waals surface area contributed by atoms with Crippen LogP contribution in [0.2, 0.25) is 0 Å². The van der Waals surface area contributed by atoms with Crippen LogP contribution < -0.4 is 5.32 Å². The smallest absolute Gasteiger partial charge is 0.161 e. The fourth-order valence-electron chi connectivity index (χ4n) is 1.58. The second-order valence-corrected chi connectivity index (χ2v) is 4.96. The lowest BCUT2D eigenvalue weighted by Gasteiger charge is -2.10. The van der Waals surface area contributed by atoms with Crippen LogP contribution in [-0.2, 0) is 0 Å². The molecule has 1 aromatic heterocycles. The normalized spacial score (nSPS) is 12.2. The van der Waals surface area contributed by atoms with Crippen LogP contribution in [0.3, 0.4) is 0 Å². The first-order chi connectivity index (χ1) is 8.54. The van der Waals surface area contributed by atoms with Gasteiger partial charge in [0, 0.05) is 21.8 Å². The van der Waals surface area contributed by atoms with Crippen molar-refractivity contribution in [2.45, 2.75) is 20.1 Å². The van der Waals surface area contributed by atoms with Gasteiger partial charge < -0.3 is 10.4 Å². The number of halogens is 1. The molecule has 0 fully saturated rings. The Morgan fingerprint density at radius 2 is 1.89 bits per heavy atom. The fraction of sp³-hybridized carbons (Fsp3) is 0.231. The molecule has 0 saturated carbocycles. The summed E-state index contributed by atoms with van der Waals surface area (Å²) in [6, 6.07) is 9.59. The summed E-state index contributed by atoms with van der Waals surface area (Å²) in [5, 5.41) is 12.2. The zero-order chi connectivity index (χ0) is 13.1. The second-order valence-electron chi connectivity index (χ2n) is 4.05. The molecule has 2 rings (SSSR count). The van der Waals surface area contributed by atoms with Gasteiger partial charge in [-0.05, 0) is 26.0 Å². The number of aliphatic hydroxyl groups is 1. The number of nitrogens with one attached hydrogen (secondary N) is 1. The van der Waals surface area contributed by atoms with E-state index in [1.165, 1.54) is 0 Å². The summed E-state index contributed by atoms with van der Waals surface area (Å²) >= 11 is 3.39. The van der Waals surface area contributed by atoms with Crippen molar-refractivity contribution in [3.63, 3.8) is 0 Å². The molecule has 0 aliphatic carbocycles. The number of nitrogens with zero attached hydrogens (tertiary/aromatic N) is 2. The third kappa shape index (κ3) is 3.27. The van der Waals surface area contributed by atoms with Gasteiger partial charge >= 0.3 is 0 Å². The first-order valence-corrected chi connectivity index (χ1v) is 6.40. The van der Waals surface area contributed by atoms with Crippen LogP contribution in [0.1, 0.15) is 12.6 Å². The standard InChI is InChI=1S/C13H14BrN3O/c1-8-7-12(16-9(2)18)17-13(15-8)10-3-5-11(14)6-4-10/h3-7,9,18H,1-2H3,(H,15,16,17). The molecule has 1 unspecified atom stereocenters. The van der Waals surface area contributed by atoms with E-state index in [-0.39, 0.29) is 0 Å². The molecular weight excluding hydrogens is 294 g/mol. The first-order valence-electron chi connectivity index (χ1n) is 5.61. The van der Waals surface area contributed by atoms with Gasteiger partial charge in [0.15, 0.2) is 5.82 Å². The summed E-state index contributed by atoms with van der Waals surface area (Å²) in [6.45, 7) is 3.55. The first kappa shape index (κ1) is 13.0. The molecule has 0 radical (unpaired) electrons. The van der Waals surface area contributed by atoms with E-state index in [1.807, 2.05) is 31.2 Å². The largest absolute Gasteiger partial charge is 0.374 e. The Bertz CT molecular complexity index is 540. The monoisotopic (exact) mass is 307 g/mol. The average Bonchev–Trinajstić information content (AvgIpc) is 2.28. The van der Waals surface area contributed by atoms with E-state index in [4.69, 9.17) is 0 Å². The van der Waals surface area contributed by atoms with Crippen molar-refractivity contribution in [3.8, 4) is 11.4 Å². The van der Waals surface area contributed by atoms with Gasteiger partial charge in [0.1, 0.15) is 12.0 Å². The minimum absolute atomic E-state index is 0.621. The number of aryl methyl sites for hydroxylation is 1. The second kappa shape index (κ2) is 5.46. The molecule has 2 aromatic rings. The molecule has 0 aliphatic heterocycles. The lowest BCUT2D eigenvalue weighted by Crippen LogP contribution is -2.15. The van der Waals surface area contributed by atoms with Crippen LogP contribution in [0.5, 0.6) is 0 Å². The highest BCUT2D eigenvalue weighted by Crippen LogP contribution is 2.20. The summed E-state index contributed by atoms with van der Waals surface area (Å²) in [5.74, 6) is 1.26. The zero-order valence-electron chi connectivity index (χ0n) is 10.2. The van der Waals surface area contributed by atoms with Gasteiger partial charge in [0.2, 0.25) is 0 Å². The molecule has 0 aliphatic rings. The number of aliphatic hydroxyl groups excluding tert-OH is 1. The molecule has 5 heteroatoms. The minimum Gasteiger partial charge on any atom is -0.374 e. The van der Waals surface area contributed by atoms with Crippen LogP contribution in [0.15, 0.2) is 34.8 Å². The summed E-state index contributed by atoms with van der Waals surface area (Å²) in [6.07, 6.45) is -0.642. The van der Waals surface area contributed by atoms with Crippen LogP contribution in [0, 0.1) is 6.92 Å². The minimum atomic E-state index is -0.642.